The quantitative estimate of drug-likeness (QED) is 0.703. The van der Waals surface area contributed by atoms with Crippen molar-refractivity contribution in [3.63, 3.8) is 0 Å². The molecule has 4 heteroatoms. The van der Waals surface area contributed by atoms with Crippen molar-refractivity contribution in [2.75, 3.05) is 0 Å². The van der Waals surface area contributed by atoms with Crippen LogP contribution in [0, 0.1) is 6.92 Å². The molecule has 4 nitrogen and oxygen atoms in total. The van der Waals surface area contributed by atoms with Crippen molar-refractivity contribution in [2.24, 2.45) is 0 Å². The third-order valence-corrected chi connectivity index (χ3v) is 1.67. The van der Waals surface area contributed by atoms with Crippen molar-refractivity contribution < 1.29 is 9.90 Å². The van der Waals surface area contributed by atoms with E-state index in [1.807, 2.05) is 20.8 Å². The third-order valence-electron chi connectivity index (χ3n) is 1.67. The smallest absolute Gasteiger partial charge is 0.371 e. The molecule has 2 N–H and O–H groups in total. The summed E-state index contributed by atoms with van der Waals surface area (Å²) in [7, 11) is 0. The molecule has 0 saturated carbocycles. The topological polar surface area (TPSA) is 66.0 Å². The van der Waals surface area contributed by atoms with E-state index in [4.69, 9.17) is 5.11 Å². The lowest BCUT2D eigenvalue weighted by Gasteiger charge is -1.98. The Morgan fingerprint density at radius 3 is 2.42 bits per heavy atom. The predicted octanol–water partition coefficient (Wildman–Crippen LogP) is 1.54. The van der Waals surface area contributed by atoms with Crippen LogP contribution in [0.3, 0.4) is 0 Å². The molecule has 0 aliphatic carbocycles. The zero-order valence-electron chi connectivity index (χ0n) is 7.38. The molecule has 0 atom stereocenters. The minimum absolute atomic E-state index is 0.0243. The summed E-state index contributed by atoms with van der Waals surface area (Å²) in [5.74, 6) is -0.726. The summed E-state index contributed by atoms with van der Waals surface area (Å²) < 4.78 is 0. The molecule has 1 heterocycles. The summed E-state index contributed by atoms with van der Waals surface area (Å²) in [5, 5.41) is 8.61. The number of hydrogen-bond donors (Lipinski definition) is 2. The summed E-state index contributed by atoms with van der Waals surface area (Å²) in [6.45, 7) is 5.79. The number of carboxylic acids is 1. The van der Waals surface area contributed by atoms with E-state index in [0.29, 0.717) is 0 Å². The number of aromatic amines is 1. The van der Waals surface area contributed by atoms with Crippen molar-refractivity contribution in [1.29, 1.82) is 0 Å². The first-order chi connectivity index (χ1) is 5.52. The van der Waals surface area contributed by atoms with Crippen LogP contribution in [-0.4, -0.2) is 21.0 Å². The number of carbonyl (C=O) groups is 1. The first kappa shape index (κ1) is 8.77. The molecule has 0 aromatic carbocycles. The second-order valence-electron chi connectivity index (χ2n) is 3.06. The number of carboxylic acid groups (broad SMARTS) is 1. The molecule has 0 bridgehead atoms. The van der Waals surface area contributed by atoms with Crippen LogP contribution in [-0.2, 0) is 0 Å². The molecule has 0 fully saturated rings. The van der Waals surface area contributed by atoms with Crippen LogP contribution in [0.15, 0.2) is 0 Å². The molecule has 1 aromatic rings. The number of aryl methyl sites for hydroxylation is 1. The molecule has 66 valence electrons. The SMILES string of the molecule is Cc1[nH]c(C(=O)O)nc1C(C)C. The van der Waals surface area contributed by atoms with Gasteiger partial charge in [0.1, 0.15) is 0 Å². The van der Waals surface area contributed by atoms with Gasteiger partial charge in [-0.05, 0) is 12.8 Å². The number of rotatable bonds is 2. The van der Waals surface area contributed by atoms with Crippen LogP contribution in [0.25, 0.3) is 0 Å². The summed E-state index contributed by atoms with van der Waals surface area (Å²) >= 11 is 0. The first-order valence-corrected chi connectivity index (χ1v) is 3.82. The van der Waals surface area contributed by atoms with Crippen molar-refractivity contribution >= 4 is 5.97 Å². The first-order valence-electron chi connectivity index (χ1n) is 3.82. The van der Waals surface area contributed by atoms with Crippen molar-refractivity contribution in [3.8, 4) is 0 Å². The highest BCUT2D eigenvalue weighted by Crippen LogP contribution is 2.15. The molecular weight excluding hydrogens is 156 g/mol. The highest BCUT2D eigenvalue weighted by Gasteiger charge is 2.13. The predicted molar refractivity (Wildman–Crippen MR) is 44.4 cm³/mol. The van der Waals surface area contributed by atoms with E-state index in [1.54, 1.807) is 0 Å². The van der Waals surface area contributed by atoms with Gasteiger partial charge in [0, 0.05) is 5.69 Å². The minimum Gasteiger partial charge on any atom is -0.475 e. The maximum Gasteiger partial charge on any atom is 0.371 e. The maximum atomic E-state index is 10.5. The number of aromatic nitrogens is 2. The Labute approximate surface area is 70.6 Å². The van der Waals surface area contributed by atoms with Crippen molar-refractivity contribution in [2.45, 2.75) is 26.7 Å². The van der Waals surface area contributed by atoms with Crippen LogP contribution in [0.5, 0.6) is 0 Å². The summed E-state index contributed by atoms with van der Waals surface area (Å²) in [6, 6.07) is 0. The summed E-state index contributed by atoms with van der Waals surface area (Å²) in [4.78, 5) is 17.2. The fraction of sp³-hybridized carbons (Fsp3) is 0.500. The van der Waals surface area contributed by atoms with Gasteiger partial charge >= 0.3 is 5.97 Å². The Kier molecular flexibility index (Phi) is 2.17. The maximum absolute atomic E-state index is 10.5. The van der Waals surface area contributed by atoms with E-state index in [2.05, 4.69) is 9.97 Å². The fourth-order valence-corrected chi connectivity index (χ4v) is 1.14. The summed E-state index contributed by atoms with van der Waals surface area (Å²) in [6.07, 6.45) is 0. The average Bonchev–Trinajstić information content (AvgIpc) is 2.30. The number of nitrogens with one attached hydrogen (secondary N) is 1. The van der Waals surface area contributed by atoms with Gasteiger partial charge in [-0.15, -0.1) is 0 Å². The minimum atomic E-state index is -1.01. The monoisotopic (exact) mass is 168 g/mol. The molecule has 0 saturated heterocycles. The van der Waals surface area contributed by atoms with E-state index in [9.17, 15) is 4.79 Å². The highest BCUT2D eigenvalue weighted by molar-refractivity contribution is 5.83. The van der Waals surface area contributed by atoms with Gasteiger partial charge < -0.3 is 10.1 Å². The van der Waals surface area contributed by atoms with Gasteiger partial charge in [-0.2, -0.15) is 0 Å². The van der Waals surface area contributed by atoms with Crippen molar-refractivity contribution in [3.05, 3.63) is 17.2 Å². The Morgan fingerprint density at radius 2 is 2.17 bits per heavy atom. The normalized spacial score (nSPS) is 10.7. The number of nitrogens with zero attached hydrogens (tertiary/aromatic N) is 1. The average molecular weight is 168 g/mol. The second-order valence-corrected chi connectivity index (χ2v) is 3.06. The van der Waals surface area contributed by atoms with Gasteiger partial charge in [0.05, 0.1) is 5.69 Å². The molecule has 0 amide bonds. The van der Waals surface area contributed by atoms with Gasteiger partial charge in [0.15, 0.2) is 0 Å². The van der Waals surface area contributed by atoms with Gasteiger partial charge in [-0.1, -0.05) is 13.8 Å². The van der Waals surface area contributed by atoms with Gasteiger partial charge in [-0.3, -0.25) is 0 Å². The summed E-state index contributed by atoms with van der Waals surface area (Å²) in [5.41, 5.74) is 1.66. The molecule has 0 aliphatic heterocycles. The lowest BCUT2D eigenvalue weighted by atomic mass is 10.1. The van der Waals surface area contributed by atoms with Crippen LogP contribution in [0.2, 0.25) is 0 Å². The lowest BCUT2D eigenvalue weighted by molar-refractivity contribution is 0.0684. The second kappa shape index (κ2) is 2.97. The zero-order chi connectivity index (χ0) is 9.30. The van der Waals surface area contributed by atoms with Crippen LogP contribution < -0.4 is 0 Å². The molecule has 1 aromatic heterocycles. The van der Waals surface area contributed by atoms with Crippen LogP contribution >= 0.6 is 0 Å². The number of imidazole rings is 1. The van der Waals surface area contributed by atoms with E-state index >= 15 is 0 Å². The largest absolute Gasteiger partial charge is 0.475 e. The third kappa shape index (κ3) is 1.47. The van der Waals surface area contributed by atoms with E-state index in [0.717, 1.165) is 11.4 Å². The van der Waals surface area contributed by atoms with Gasteiger partial charge in [-0.25, -0.2) is 9.78 Å². The molecule has 12 heavy (non-hydrogen) atoms. The standard InChI is InChI=1S/C8H12N2O2/c1-4(2)6-5(3)9-7(10-6)8(11)12/h4H,1-3H3,(H,9,10)(H,11,12). The molecular formula is C8H12N2O2. The van der Waals surface area contributed by atoms with Gasteiger partial charge in [0.25, 0.3) is 0 Å². The number of aromatic carboxylic acids is 1. The molecule has 0 unspecified atom stereocenters. The van der Waals surface area contributed by atoms with E-state index in [1.165, 1.54) is 0 Å². The number of H-pyrrole nitrogens is 1. The fourth-order valence-electron chi connectivity index (χ4n) is 1.14. The van der Waals surface area contributed by atoms with E-state index in [-0.39, 0.29) is 11.7 Å². The van der Waals surface area contributed by atoms with E-state index < -0.39 is 5.97 Å². The Balaban J connectivity index is 3.09. The Morgan fingerprint density at radius 1 is 1.58 bits per heavy atom. The van der Waals surface area contributed by atoms with Crippen molar-refractivity contribution in [1.82, 2.24) is 9.97 Å². The molecule has 0 spiro atoms. The van der Waals surface area contributed by atoms with Crippen LogP contribution in [0.4, 0.5) is 0 Å². The molecule has 1 rings (SSSR count). The van der Waals surface area contributed by atoms with Gasteiger partial charge in [0.2, 0.25) is 5.82 Å². The number of hydrogen-bond acceptors (Lipinski definition) is 2. The van der Waals surface area contributed by atoms with Crippen LogP contribution in [0.1, 0.15) is 41.8 Å². The molecule has 0 radical (unpaired) electrons. The Hall–Kier alpha value is -1.32. The molecule has 0 aliphatic rings. The zero-order valence-corrected chi connectivity index (χ0v) is 7.38. The highest BCUT2D eigenvalue weighted by atomic mass is 16.4. The Bertz CT molecular complexity index is 302. The lowest BCUT2D eigenvalue weighted by Crippen LogP contribution is -1.99.